The molecule has 1 unspecified atom stereocenters. The average Bonchev–Trinajstić information content (AvgIpc) is 1.86. The first-order valence-corrected chi connectivity index (χ1v) is 4.57. The van der Waals surface area contributed by atoms with Gasteiger partial charge in [-0.2, -0.15) is 0 Å². The molecule has 0 radical (unpaired) electrons. The molecule has 10 heavy (non-hydrogen) atoms. The first-order chi connectivity index (χ1) is 4.77. The lowest BCUT2D eigenvalue weighted by molar-refractivity contribution is 0.675. The number of hydrogen-bond donors (Lipinski definition) is 0. The topological polar surface area (TPSA) is 17.1 Å². The highest BCUT2D eigenvalue weighted by Gasteiger charge is 2.20. The van der Waals surface area contributed by atoms with Crippen molar-refractivity contribution >= 4 is 10.8 Å². The lowest BCUT2D eigenvalue weighted by Crippen LogP contribution is -2.11. The third kappa shape index (κ3) is 0.721. The van der Waals surface area contributed by atoms with Crippen molar-refractivity contribution in [3.05, 3.63) is 29.3 Å². The second-order valence-electron chi connectivity index (χ2n) is 2.60. The Labute approximate surface area is 62.5 Å². The van der Waals surface area contributed by atoms with Gasteiger partial charge in [-0.15, -0.1) is 0 Å². The van der Waals surface area contributed by atoms with Crippen LogP contribution in [0.4, 0.5) is 0 Å². The predicted molar refractivity (Wildman–Crippen MR) is 41.3 cm³/mol. The maximum absolute atomic E-state index is 10.9. The fraction of sp³-hybridized carbons (Fsp3) is 0.250. The zero-order valence-electron chi connectivity index (χ0n) is 5.76. The summed E-state index contributed by atoms with van der Waals surface area (Å²) in [6.07, 6.45) is 0. The van der Waals surface area contributed by atoms with E-state index in [0.717, 1.165) is 10.6 Å². The van der Waals surface area contributed by atoms with E-state index in [2.05, 4.69) is 13.0 Å². The second kappa shape index (κ2) is 1.92. The van der Waals surface area contributed by atoms with Crippen LogP contribution in [0.5, 0.6) is 0 Å². The highest BCUT2D eigenvalue weighted by Crippen LogP contribution is 2.27. The molecule has 0 N–H and O–H groups in total. The number of fused-ring (bicyclic) bond motifs is 1. The van der Waals surface area contributed by atoms with Gasteiger partial charge in [0.2, 0.25) is 0 Å². The van der Waals surface area contributed by atoms with Crippen LogP contribution in [0.15, 0.2) is 23.1 Å². The molecule has 2 rings (SSSR count). The van der Waals surface area contributed by atoms with E-state index in [4.69, 9.17) is 0 Å². The van der Waals surface area contributed by atoms with Crippen LogP contribution in [0, 0.1) is 6.92 Å². The van der Waals surface area contributed by atoms with E-state index in [-0.39, 0.29) is 0 Å². The van der Waals surface area contributed by atoms with Gasteiger partial charge in [0.25, 0.3) is 0 Å². The van der Waals surface area contributed by atoms with Gasteiger partial charge in [-0.25, -0.2) is 0 Å². The summed E-state index contributed by atoms with van der Waals surface area (Å²) in [5.41, 5.74) is 2.52. The lowest BCUT2D eigenvalue weighted by Gasteiger charge is -2.17. The van der Waals surface area contributed by atoms with Gasteiger partial charge in [-0.3, -0.25) is 4.21 Å². The van der Waals surface area contributed by atoms with Crippen LogP contribution in [-0.2, 0) is 16.6 Å². The van der Waals surface area contributed by atoms with E-state index in [1.54, 1.807) is 0 Å². The molecule has 0 aliphatic carbocycles. The Bertz CT molecular complexity index is 304. The number of rotatable bonds is 0. The molecule has 1 aromatic carbocycles. The summed E-state index contributed by atoms with van der Waals surface area (Å²) in [6.45, 7) is 2.06. The molecule has 2 heteroatoms. The molecular weight excluding hydrogens is 144 g/mol. The van der Waals surface area contributed by atoms with Crippen molar-refractivity contribution in [3.63, 3.8) is 0 Å². The smallest absolute Gasteiger partial charge is 0.0577 e. The van der Waals surface area contributed by atoms with Crippen LogP contribution in [0.2, 0.25) is 0 Å². The van der Waals surface area contributed by atoms with Gasteiger partial charge >= 0.3 is 0 Å². The maximum Gasteiger partial charge on any atom is 0.0577 e. The maximum atomic E-state index is 10.9. The van der Waals surface area contributed by atoms with Gasteiger partial charge in [0.15, 0.2) is 0 Å². The molecule has 1 aromatic rings. The van der Waals surface area contributed by atoms with Crippen molar-refractivity contribution in [3.8, 4) is 0 Å². The fourth-order valence-corrected chi connectivity index (χ4v) is 2.26. The van der Waals surface area contributed by atoms with Gasteiger partial charge in [0, 0.05) is 4.90 Å². The fourth-order valence-electron chi connectivity index (χ4n) is 1.18. The van der Waals surface area contributed by atoms with Crippen molar-refractivity contribution in [2.24, 2.45) is 0 Å². The summed E-state index contributed by atoms with van der Waals surface area (Å²) in [4.78, 5) is 1.03. The Hall–Kier alpha value is -0.630. The van der Waals surface area contributed by atoms with Crippen molar-refractivity contribution in [2.45, 2.75) is 17.6 Å². The van der Waals surface area contributed by atoms with Gasteiger partial charge in [-0.1, -0.05) is 17.7 Å². The molecule has 1 heterocycles. The number of benzene rings is 1. The van der Waals surface area contributed by atoms with Crippen molar-refractivity contribution in [2.75, 3.05) is 0 Å². The summed E-state index contributed by atoms with van der Waals surface area (Å²) in [6, 6.07) is 6.08. The highest BCUT2D eigenvalue weighted by atomic mass is 32.2. The molecule has 0 saturated heterocycles. The van der Waals surface area contributed by atoms with Crippen LogP contribution >= 0.6 is 0 Å². The lowest BCUT2D eigenvalue weighted by atomic mass is 10.1. The van der Waals surface area contributed by atoms with Crippen LogP contribution < -0.4 is 0 Å². The Morgan fingerprint density at radius 1 is 1.50 bits per heavy atom. The molecule has 1 aliphatic rings. The highest BCUT2D eigenvalue weighted by molar-refractivity contribution is 7.85. The molecule has 0 amide bonds. The first kappa shape index (κ1) is 6.10. The third-order valence-electron chi connectivity index (χ3n) is 1.75. The van der Waals surface area contributed by atoms with Crippen molar-refractivity contribution in [1.82, 2.24) is 0 Å². The standard InChI is InChI=1S/C8H8OS/c1-6-2-3-8-7(4-6)5-10(8)9/h2-4H,5H2,1H3. The van der Waals surface area contributed by atoms with E-state index >= 15 is 0 Å². The van der Waals surface area contributed by atoms with Crippen LogP contribution in [0.25, 0.3) is 0 Å². The molecule has 0 spiro atoms. The van der Waals surface area contributed by atoms with E-state index in [0.29, 0.717) is 0 Å². The Morgan fingerprint density at radius 2 is 2.30 bits per heavy atom. The minimum absolute atomic E-state index is 0.675. The second-order valence-corrected chi connectivity index (χ2v) is 4.02. The number of hydrogen-bond acceptors (Lipinski definition) is 1. The molecular formula is C8H8OS. The van der Waals surface area contributed by atoms with Crippen LogP contribution in [0.1, 0.15) is 11.1 Å². The third-order valence-corrected chi connectivity index (χ3v) is 3.21. The molecule has 52 valence electrons. The van der Waals surface area contributed by atoms with Crippen molar-refractivity contribution in [1.29, 1.82) is 0 Å². The van der Waals surface area contributed by atoms with Gasteiger partial charge in [-0.05, 0) is 18.6 Å². The van der Waals surface area contributed by atoms with Crippen molar-refractivity contribution < 1.29 is 4.21 Å². The van der Waals surface area contributed by atoms with E-state index in [1.807, 2.05) is 12.1 Å². The Morgan fingerprint density at radius 3 is 2.90 bits per heavy atom. The molecule has 0 bridgehead atoms. The largest absolute Gasteiger partial charge is 0.254 e. The Kier molecular flexibility index (Phi) is 1.17. The quantitative estimate of drug-likeness (QED) is 0.552. The van der Waals surface area contributed by atoms with E-state index in [1.165, 1.54) is 11.1 Å². The summed E-state index contributed by atoms with van der Waals surface area (Å²) in [5.74, 6) is 0.761. The normalized spacial score (nSPS) is 21.5. The predicted octanol–water partition coefficient (Wildman–Crippen LogP) is 1.62. The van der Waals surface area contributed by atoms with E-state index in [9.17, 15) is 4.21 Å². The molecule has 1 nitrogen and oxygen atoms in total. The summed E-state index contributed by atoms with van der Waals surface area (Å²) in [5, 5.41) is 0. The minimum Gasteiger partial charge on any atom is -0.254 e. The zero-order valence-corrected chi connectivity index (χ0v) is 6.57. The van der Waals surface area contributed by atoms with Gasteiger partial charge in [0.05, 0.1) is 16.6 Å². The summed E-state index contributed by atoms with van der Waals surface area (Å²) in [7, 11) is -0.675. The van der Waals surface area contributed by atoms with E-state index < -0.39 is 10.8 Å². The van der Waals surface area contributed by atoms with Gasteiger partial charge < -0.3 is 0 Å². The molecule has 0 fully saturated rings. The minimum atomic E-state index is -0.675. The van der Waals surface area contributed by atoms with Crippen LogP contribution in [-0.4, -0.2) is 4.21 Å². The SMILES string of the molecule is Cc1ccc2c(c1)CS2=O. The summed E-state index contributed by atoms with van der Waals surface area (Å²) >= 11 is 0. The monoisotopic (exact) mass is 152 g/mol. The number of aryl methyl sites for hydroxylation is 1. The molecule has 1 aliphatic heterocycles. The molecule has 0 aromatic heterocycles. The van der Waals surface area contributed by atoms with Crippen LogP contribution in [0.3, 0.4) is 0 Å². The van der Waals surface area contributed by atoms with Gasteiger partial charge in [0.1, 0.15) is 0 Å². The Balaban J connectivity index is 2.59. The molecule has 1 atom stereocenters. The average molecular weight is 152 g/mol. The zero-order chi connectivity index (χ0) is 7.14. The molecule has 0 saturated carbocycles. The summed E-state index contributed by atoms with van der Waals surface area (Å²) < 4.78 is 10.9. The first-order valence-electron chi connectivity index (χ1n) is 3.25.